The predicted octanol–water partition coefficient (Wildman–Crippen LogP) is -0.363. The fraction of sp³-hybridized carbons (Fsp3) is 0.455. The monoisotopic (exact) mass is 304 g/mol. The number of aliphatic hydroxyl groups excluding tert-OH is 2. The SMILES string of the molecule is C#CC1(F)[C@@H](O)[C@@H](CO)O[C@H]1n1cc(F)c(=O)[nH]c1=S. The van der Waals surface area contributed by atoms with Gasteiger partial charge in [-0.25, -0.2) is 4.39 Å². The number of rotatable bonds is 2. The van der Waals surface area contributed by atoms with Gasteiger partial charge in [-0.2, -0.15) is 4.39 Å². The molecule has 1 aromatic rings. The van der Waals surface area contributed by atoms with E-state index in [1.165, 1.54) is 0 Å². The Kier molecular flexibility index (Phi) is 3.75. The lowest BCUT2D eigenvalue weighted by atomic mass is 9.97. The van der Waals surface area contributed by atoms with Crippen molar-refractivity contribution in [3.05, 3.63) is 27.1 Å². The number of nitrogens with zero attached hydrogens (tertiary/aromatic N) is 1. The standard InChI is InChI=1S/C11H10F2N2O4S/c1-2-11(13)7(17)6(4-16)19-9(11)15-3-5(12)8(18)14-10(15)20/h1,3,6-7,9,16-17H,4H2,(H,14,18,20)/t6-,7+,9-,11?/m1/s1. The van der Waals surface area contributed by atoms with Crippen molar-refractivity contribution in [2.45, 2.75) is 24.1 Å². The van der Waals surface area contributed by atoms with Crippen LogP contribution in [0, 0.1) is 22.9 Å². The van der Waals surface area contributed by atoms with E-state index in [-0.39, 0.29) is 4.77 Å². The van der Waals surface area contributed by atoms with Gasteiger partial charge in [0.2, 0.25) is 11.5 Å². The second kappa shape index (κ2) is 5.06. The van der Waals surface area contributed by atoms with E-state index in [9.17, 15) is 18.7 Å². The first-order chi connectivity index (χ1) is 9.35. The number of aromatic nitrogens is 2. The van der Waals surface area contributed by atoms with Crippen molar-refractivity contribution < 1.29 is 23.7 Å². The molecule has 0 saturated carbocycles. The number of alkyl halides is 1. The molecule has 4 atom stereocenters. The Hall–Kier alpha value is -1.60. The van der Waals surface area contributed by atoms with Gasteiger partial charge >= 0.3 is 0 Å². The normalized spacial score (nSPS) is 33.0. The molecule has 1 aliphatic heterocycles. The minimum Gasteiger partial charge on any atom is -0.394 e. The van der Waals surface area contributed by atoms with Crippen molar-refractivity contribution in [3.63, 3.8) is 0 Å². The summed E-state index contributed by atoms with van der Waals surface area (Å²) in [6.45, 7) is -0.690. The molecule has 1 unspecified atom stereocenters. The zero-order valence-electron chi connectivity index (χ0n) is 9.92. The molecule has 3 N–H and O–H groups in total. The molecule has 0 spiro atoms. The Morgan fingerprint density at radius 3 is 2.90 bits per heavy atom. The van der Waals surface area contributed by atoms with Crippen LogP contribution in [0.3, 0.4) is 0 Å². The maximum Gasteiger partial charge on any atom is 0.287 e. The van der Waals surface area contributed by atoms with E-state index in [0.717, 1.165) is 4.57 Å². The maximum atomic E-state index is 14.6. The first kappa shape index (κ1) is 14.8. The first-order valence-electron chi connectivity index (χ1n) is 5.47. The Labute approximate surface area is 116 Å². The van der Waals surface area contributed by atoms with Gasteiger partial charge in [0.1, 0.15) is 12.2 Å². The van der Waals surface area contributed by atoms with Crippen LogP contribution in [0.5, 0.6) is 0 Å². The molecule has 9 heteroatoms. The second-order valence-electron chi connectivity index (χ2n) is 4.21. The summed E-state index contributed by atoms with van der Waals surface area (Å²) in [4.78, 5) is 13.0. The van der Waals surface area contributed by atoms with Gasteiger partial charge in [0.25, 0.3) is 5.56 Å². The quantitative estimate of drug-likeness (QED) is 0.513. The molecule has 0 bridgehead atoms. The maximum absolute atomic E-state index is 14.6. The summed E-state index contributed by atoms with van der Waals surface area (Å²) in [5.41, 5.74) is -3.80. The van der Waals surface area contributed by atoms with E-state index in [1.807, 2.05) is 4.98 Å². The molecule has 1 aromatic heterocycles. The van der Waals surface area contributed by atoms with Crippen LogP contribution in [0.25, 0.3) is 0 Å². The Morgan fingerprint density at radius 2 is 2.35 bits per heavy atom. The van der Waals surface area contributed by atoms with Crippen molar-refractivity contribution in [1.82, 2.24) is 9.55 Å². The van der Waals surface area contributed by atoms with Crippen LogP contribution in [-0.4, -0.2) is 44.2 Å². The lowest BCUT2D eigenvalue weighted by Crippen LogP contribution is -2.42. The molecule has 108 valence electrons. The number of halogens is 2. The van der Waals surface area contributed by atoms with Crippen LogP contribution in [0.15, 0.2) is 11.0 Å². The van der Waals surface area contributed by atoms with Gasteiger partial charge in [-0.3, -0.25) is 14.3 Å². The molecule has 1 saturated heterocycles. The molecule has 20 heavy (non-hydrogen) atoms. The number of hydrogen-bond acceptors (Lipinski definition) is 5. The zero-order valence-corrected chi connectivity index (χ0v) is 10.7. The molecule has 1 fully saturated rings. The van der Waals surface area contributed by atoms with Crippen LogP contribution in [-0.2, 0) is 4.74 Å². The fourth-order valence-electron chi connectivity index (χ4n) is 1.96. The predicted molar refractivity (Wildman–Crippen MR) is 65.5 cm³/mol. The fourth-order valence-corrected chi connectivity index (χ4v) is 2.20. The van der Waals surface area contributed by atoms with Crippen LogP contribution in [0.4, 0.5) is 8.78 Å². The van der Waals surface area contributed by atoms with Gasteiger partial charge in [-0.15, -0.1) is 6.42 Å². The highest BCUT2D eigenvalue weighted by molar-refractivity contribution is 7.71. The summed E-state index contributed by atoms with van der Waals surface area (Å²) in [6, 6.07) is 0. The lowest BCUT2D eigenvalue weighted by Gasteiger charge is -2.24. The molecule has 1 aliphatic rings. The van der Waals surface area contributed by atoms with Crippen LogP contribution in [0.2, 0.25) is 0 Å². The molecule has 0 radical (unpaired) electrons. The van der Waals surface area contributed by atoms with Crippen molar-refractivity contribution in [3.8, 4) is 12.3 Å². The van der Waals surface area contributed by atoms with Gasteiger partial charge in [0, 0.05) is 0 Å². The van der Waals surface area contributed by atoms with E-state index in [0.29, 0.717) is 6.20 Å². The van der Waals surface area contributed by atoms with Gasteiger partial charge in [-0.1, -0.05) is 5.92 Å². The molecule has 2 heterocycles. The number of ether oxygens (including phenoxy) is 1. The number of hydrogen-bond donors (Lipinski definition) is 3. The summed E-state index contributed by atoms with van der Waals surface area (Å²) >= 11 is 4.78. The van der Waals surface area contributed by atoms with E-state index >= 15 is 0 Å². The topological polar surface area (TPSA) is 87.5 Å². The second-order valence-corrected chi connectivity index (χ2v) is 4.60. The molecular formula is C11H10F2N2O4S. The third kappa shape index (κ3) is 2.06. The lowest BCUT2D eigenvalue weighted by molar-refractivity contribution is -0.0538. The third-order valence-corrected chi connectivity index (χ3v) is 3.34. The summed E-state index contributed by atoms with van der Waals surface area (Å²) in [6.07, 6.45) is 0.909. The van der Waals surface area contributed by atoms with Gasteiger partial charge < -0.3 is 14.9 Å². The van der Waals surface area contributed by atoms with Crippen LogP contribution in [0.1, 0.15) is 6.23 Å². The highest BCUT2D eigenvalue weighted by atomic mass is 32.1. The van der Waals surface area contributed by atoms with Crippen LogP contribution < -0.4 is 5.56 Å². The number of H-pyrrole nitrogens is 1. The van der Waals surface area contributed by atoms with Gasteiger partial charge in [-0.05, 0) is 12.2 Å². The van der Waals surface area contributed by atoms with Gasteiger partial charge in [0.15, 0.2) is 11.0 Å². The third-order valence-electron chi connectivity index (χ3n) is 3.02. The number of nitrogens with one attached hydrogen (secondary N) is 1. The van der Waals surface area contributed by atoms with E-state index in [2.05, 4.69) is 0 Å². The molecule has 0 aliphatic carbocycles. The number of aromatic amines is 1. The minimum absolute atomic E-state index is 0.329. The Bertz CT molecular complexity index is 682. The molecule has 0 aromatic carbocycles. The van der Waals surface area contributed by atoms with Crippen molar-refractivity contribution >= 4 is 12.2 Å². The molecule has 2 rings (SSSR count). The Balaban J connectivity index is 2.58. The highest BCUT2D eigenvalue weighted by Gasteiger charge is 2.57. The number of aliphatic hydroxyl groups is 2. The minimum atomic E-state index is -2.73. The summed E-state index contributed by atoms with van der Waals surface area (Å²) in [7, 11) is 0. The van der Waals surface area contributed by atoms with Crippen molar-refractivity contribution in [2.24, 2.45) is 0 Å². The highest BCUT2D eigenvalue weighted by Crippen LogP contribution is 2.41. The molecular weight excluding hydrogens is 294 g/mol. The smallest absolute Gasteiger partial charge is 0.287 e. The zero-order chi connectivity index (χ0) is 15.1. The van der Waals surface area contributed by atoms with E-state index < -0.39 is 42.1 Å². The van der Waals surface area contributed by atoms with Crippen molar-refractivity contribution in [1.29, 1.82) is 0 Å². The summed E-state index contributed by atoms with van der Waals surface area (Å²) in [5, 5.41) is 18.7. The van der Waals surface area contributed by atoms with Gasteiger partial charge in [0.05, 0.1) is 12.8 Å². The average molecular weight is 304 g/mol. The molecule has 6 nitrogen and oxygen atoms in total. The van der Waals surface area contributed by atoms with Crippen molar-refractivity contribution in [2.75, 3.05) is 6.61 Å². The summed E-state index contributed by atoms with van der Waals surface area (Å²) in [5.74, 6) is 0.511. The summed E-state index contributed by atoms with van der Waals surface area (Å²) < 4.78 is 33.4. The number of terminal acetylenes is 1. The molecule has 0 amide bonds. The first-order valence-corrected chi connectivity index (χ1v) is 5.88. The average Bonchev–Trinajstić information content (AvgIpc) is 2.67. The largest absolute Gasteiger partial charge is 0.394 e. The Morgan fingerprint density at radius 1 is 1.70 bits per heavy atom. The van der Waals surface area contributed by atoms with Crippen LogP contribution >= 0.6 is 12.2 Å². The van der Waals surface area contributed by atoms with E-state index in [1.54, 1.807) is 5.92 Å². The van der Waals surface area contributed by atoms with E-state index in [4.69, 9.17) is 28.5 Å².